The van der Waals surface area contributed by atoms with Crippen LogP contribution in [0.25, 0.3) is 0 Å². The number of aryl methyl sites for hydroxylation is 1. The molecule has 2 aromatic carbocycles. The Hall–Kier alpha value is -1.81. The summed E-state index contributed by atoms with van der Waals surface area (Å²) in [6.45, 7) is 6.70. The molecule has 0 aliphatic carbocycles. The third kappa shape index (κ3) is 2.22. The van der Waals surface area contributed by atoms with E-state index >= 15 is 0 Å². The van der Waals surface area contributed by atoms with E-state index in [1.54, 1.807) is 16.4 Å². The normalized spacial score (nSPS) is 21.0. The van der Waals surface area contributed by atoms with E-state index < -0.39 is 10.0 Å². The van der Waals surface area contributed by atoms with Crippen LogP contribution in [0.15, 0.2) is 53.4 Å². The van der Waals surface area contributed by atoms with Gasteiger partial charge >= 0.3 is 0 Å². The molecule has 0 radical (unpaired) electrons. The molecule has 0 aromatic heterocycles. The van der Waals surface area contributed by atoms with E-state index in [4.69, 9.17) is 0 Å². The summed E-state index contributed by atoms with van der Waals surface area (Å²) in [5, 5.41) is 0. The fraction of sp³-hybridized carbons (Fsp3) is 0.333. The van der Waals surface area contributed by atoms with Crippen LogP contribution < -0.4 is 4.31 Å². The predicted molar refractivity (Wildman–Crippen MR) is 89.8 cm³/mol. The third-order valence-corrected chi connectivity index (χ3v) is 6.48. The molecule has 0 N–H and O–H groups in total. The second-order valence-electron chi connectivity index (χ2n) is 6.26. The lowest BCUT2D eigenvalue weighted by molar-refractivity contribution is 0.490. The van der Waals surface area contributed by atoms with Crippen LogP contribution in [-0.4, -0.2) is 15.0 Å². The number of rotatable bonds is 3. The highest BCUT2D eigenvalue weighted by molar-refractivity contribution is 7.92. The SMILES string of the molecule is CCC1(C)CN(S(=O)(=O)c2ccc(C)cc2)c2ccccc21. The molecule has 1 heterocycles. The number of para-hydroxylation sites is 1. The van der Waals surface area contributed by atoms with Crippen molar-refractivity contribution in [3.63, 3.8) is 0 Å². The molecule has 0 fully saturated rings. The van der Waals surface area contributed by atoms with Crippen LogP contribution >= 0.6 is 0 Å². The Bertz CT molecular complexity index is 796. The minimum Gasteiger partial charge on any atom is -0.265 e. The van der Waals surface area contributed by atoms with Crippen molar-refractivity contribution in [1.82, 2.24) is 0 Å². The van der Waals surface area contributed by atoms with Crippen LogP contribution in [0.1, 0.15) is 31.4 Å². The molecule has 1 aliphatic rings. The molecule has 1 aliphatic heterocycles. The number of nitrogens with zero attached hydrogens (tertiary/aromatic N) is 1. The van der Waals surface area contributed by atoms with Crippen LogP contribution in [0.4, 0.5) is 5.69 Å². The first kappa shape index (κ1) is 15.1. The van der Waals surface area contributed by atoms with E-state index in [2.05, 4.69) is 13.8 Å². The Labute approximate surface area is 132 Å². The van der Waals surface area contributed by atoms with Crippen LogP contribution in [-0.2, 0) is 15.4 Å². The van der Waals surface area contributed by atoms with E-state index in [1.807, 2.05) is 43.3 Å². The van der Waals surface area contributed by atoms with Gasteiger partial charge in [-0.3, -0.25) is 4.31 Å². The molecule has 2 aromatic rings. The minimum atomic E-state index is -3.52. The van der Waals surface area contributed by atoms with Gasteiger partial charge in [0, 0.05) is 12.0 Å². The molecule has 0 amide bonds. The first-order chi connectivity index (χ1) is 10.4. The topological polar surface area (TPSA) is 37.4 Å². The minimum absolute atomic E-state index is 0.131. The molecule has 1 unspecified atom stereocenters. The predicted octanol–water partition coefficient (Wildman–Crippen LogP) is 3.87. The zero-order valence-electron chi connectivity index (χ0n) is 13.2. The summed E-state index contributed by atoms with van der Waals surface area (Å²) < 4.78 is 27.6. The van der Waals surface area contributed by atoms with Gasteiger partial charge in [0.25, 0.3) is 10.0 Å². The number of hydrogen-bond acceptors (Lipinski definition) is 2. The zero-order valence-corrected chi connectivity index (χ0v) is 14.0. The Morgan fingerprint density at radius 3 is 2.36 bits per heavy atom. The van der Waals surface area contributed by atoms with Crippen molar-refractivity contribution >= 4 is 15.7 Å². The monoisotopic (exact) mass is 315 g/mol. The Morgan fingerprint density at radius 1 is 1.09 bits per heavy atom. The smallest absolute Gasteiger partial charge is 0.264 e. The number of hydrogen-bond donors (Lipinski definition) is 0. The van der Waals surface area contributed by atoms with Crippen LogP contribution in [0.5, 0.6) is 0 Å². The van der Waals surface area contributed by atoms with Gasteiger partial charge in [0.15, 0.2) is 0 Å². The molecular formula is C18H21NO2S. The molecule has 0 spiro atoms. The highest BCUT2D eigenvalue weighted by atomic mass is 32.2. The second kappa shape index (κ2) is 5.13. The second-order valence-corrected chi connectivity index (χ2v) is 8.12. The van der Waals surface area contributed by atoms with Crippen LogP contribution in [0.2, 0.25) is 0 Å². The van der Waals surface area contributed by atoms with Gasteiger partial charge in [0.1, 0.15) is 0 Å². The first-order valence-electron chi connectivity index (χ1n) is 7.57. The van der Waals surface area contributed by atoms with Crippen molar-refractivity contribution in [2.24, 2.45) is 0 Å². The Kier molecular flexibility index (Phi) is 3.52. The first-order valence-corrected chi connectivity index (χ1v) is 9.01. The molecule has 22 heavy (non-hydrogen) atoms. The van der Waals surface area contributed by atoms with Gasteiger partial charge in [-0.1, -0.05) is 49.7 Å². The zero-order chi connectivity index (χ0) is 16.0. The molecule has 1 atom stereocenters. The van der Waals surface area contributed by atoms with Crippen molar-refractivity contribution in [3.8, 4) is 0 Å². The summed E-state index contributed by atoms with van der Waals surface area (Å²) in [5.74, 6) is 0. The molecule has 4 heteroatoms. The van der Waals surface area contributed by atoms with Crippen molar-refractivity contribution in [2.45, 2.75) is 37.5 Å². The fourth-order valence-electron chi connectivity index (χ4n) is 3.04. The molecular weight excluding hydrogens is 294 g/mol. The molecule has 116 valence electrons. The van der Waals surface area contributed by atoms with Crippen molar-refractivity contribution in [3.05, 3.63) is 59.7 Å². The van der Waals surface area contributed by atoms with Gasteiger partial charge in [-0.2, -0.15) is 0 Å². The lowest BCUT2D eigenvalue weighted by Crippen LogP contribution is -2.35. The maximum absolute atomic E-state index is 13.0. The molecule has 0 saturated heterocycles. The number of sulfonamides is 1. The maximum Gasteiger partial charge on any atom is 0.264 e. The van der Waals surface area contributed by atoms with Gasteiger partial charge in [0.2, 0.25) is 0 Å². The fourth-order valence-corrected chi connectivity index (χ4v) is 4.65. The molecule has 3 rings (SSSR count). The summed E-state index contributed by atoms with van der Waals surface area (Å²) in [6.07, 6.45) is 0.907. The lowest BCUT2D eigenvalue weighted by Gasteiger charge is -2.24. The van der Waals surface area contributed by atoms with Crippen LogP contribution in [0.3, 0.4) is 0 Å². The highest BCUT2D eigenvalue weighted by Gasteiger charge is 2.42. The van der Waals surface area contributed by atoms with Gasteiger partial charge in [0.05, 0.1) is 10.6 Å². The van der Waals surface area contributed by atoms with Crippen LogP contribution in [0, 0.1) is 6.92 Å². The van der Waals surface area contributed by atoms with Gasteiger partial charge in [-0.25, -0.2) is 8.42 Å². The Morgan fingerprint density at radius 2 is 1.73 bits per heavy atom. The van der Waals surface area contributed by atoms with Gasteiger partial charge in [-0.15, -0.1) is 0 Å². The van der Waals surface area contributed by atoms with Gasteiger partial charge in [-0.05, 0) is 37.1 Å². The molecule has 3 nitrogen and oxygen atoms in total. The van der Waals surface area contributed by atoms with E-state index in [1.165, 1.54) is 0 Å². The highest BCUT2D eigenvalue weighted by Crippen LogP contribution is 2.44. The van der Waals surface area contributed by atoms with E-state index in [0.717, 1.165) is 23.2 Å². The maximum atomic E-state index is 13.0. The summed E-state index contributed by atoms with van der Waals surface area (Å²) >= 11 is 0. The van der Waals surface area contributed by atoms with Crippen molar-refractivity contribution < 1.29 is 8.42 Å². The summed E-state index contributed by atoms with van der Waals surface area (Å²) in [7, 11) is -3.52. The van der Waals surface area contributed by atoms with Crippen molar-refractivity contribution in [1.29, 1.82) is 0 Å². The Balaban J connectivity index is 2.11. The van der Waals surface area contributed by atoms with E-state index in [9.17, 15) is 8.42 Å². The molecule has 0 bridgehead atoms. The summed E-state index contributed by atoms with van der Waals surface area (Å²) in [4.78, 5) is 0.355. The van der Waals surface area contributed by atoms with E-state index in [-0.39, 0.29) is 5.41 Å². The quantitative estimate of drug-likeness (QED) is 0.862. The van der Waals surface area contributed by atoms with Gasteiger partial charge < -0.3 is 0 Å². The van der Waals surface area contributed by atoms with Crippen molar-refractivity contribution in [2.75, 3.05) is 10.8 Å². The summed E-state index contributed by atoms with van der Waals surface area (Å²) in [5.41, 5.74) is 2.86. The number of benzene rings is 2. The molecule has 0 saturated carbocycles. The third-order valence-electron chi connectivity index (χ3n) is 4.70. The average molecular weight is 315 g/mol. The van der Waals surface area contributed by atoms with E-state index in [0.29, 0.717) is 11.4 Å². The number of fused-ring (bicyclic) bond motifs is 1. The average Bonchev–Trinajstić information content (AvgIpc) is 2.83. The standard InChI is InChI=1S/C18H21NO2S/c1-4-18(3)13-19(17-8-6-5-7-16(17)18)22(20,21)15-11-9-14(2)10-12-15/h5-12H,4,13H2,1-3H3. The largest absolute Gasteiger partial charge is 0.265 e. The lowest BCUT2D eigenvalue weighted by atomic mass is 9.82. The summed E-state index contributed by atoms with van der Waals surface area (Å²) in [6, 6.07) is 14.9. The number of anilines is 1.